The van der Waals surface area contributed by atoms with Gasteiger partial charge in [0, 0.05) is 37.6 Å². The zero-order chi connectivity index (χ0) is 15.6. The lowest BCUT2D eigenvalue weighted by molar-refractivity contribution is -0.125. The molecule has 3 aliphatic rings. The SMILES string of the molecule is CCC(CC)CNC(=NC)NC1C2CCOC2C12CCCC2. The summed E-state index contributed by atoms with van der Waals surface area (Å²) in [6.07, 6.45) is 9.58. The van der Waals surface area contributed by atoms with E-state index in [-0.39, 0.29) is 0 Å². The Morgan fingerprint density at radius 3 is 2.64 bits per heavy atom. The summed E-state index contributed by atoms with van der Waals surface area (Å²) in [5, 5.41) is 7.32. The fourth-order valence-electron chi connectivity index (χ4n) is 5.06. The van der Waals surface area contributed by atoms with Crippen LogP contribution in [0.2, 0.25) is 0 Å². The predicted molar refractivity (Wildman–Crippen MR) is 91.1 cm³/mol. The lowest BCUT2D eigenvalue weighted by Gasteiger charge is -2.57. The normalized spacial score (nSPS) is 33.1. The van der Waals surface area contributed by atoms with E-state index in [1.165, 1.54) is 44.9 Å². The molecule has 4 heteroatoms. The molecule has 0 amide bonds. The molecule has 3 unspecified atom stereocenters. The summed E-state index contributed by atoms with van der Waals surface area (Å²) in [5.41, 5.74) is 0.397. The van der Waals surface area contributed by atoms with Crippen LogP contribution in [0.4, 0.5) is 0 Å². The summed E-state index contributed by atoms with van der Waals surface area (Å²) in [7, 11) is 1.89. The van der Waals surface area contributed by atoms with E-state index in [2.05, 4.69) is 29.5 Å². The molecule has 1 saturated heterocycles. The monoisotopic (exact) mass is 307 g/mol. The molecule has 126 valence electrons. The van der Waals surface area contributed by atoms with Crippen LogP contribution < -0.4 is 10.6 Å². The number of nitrogens with one attached hydrogen (secondary N) is 2. The fourth-order valence-corrected chi connectivity index (χ4v) is 5.06. The first kappa shape index (κ1) is 16.1. The third kappa shape index (κ3) is 2.64. The molecule has 2 N–H and O–H groups in total. The molecule has 4 nitrogen and oxygen atoms in total. The molecule has 3 rings (SSSR count). The average Bonchev–Trinajstić information content (AvgIpc) is 3.19. The highest BCUT2D eigenvalue weighted by Gasteiger charge is 2.65. The van der Waals surface area contributed by atoms with Crippen molar-refractivity contribution in [2.45, 2.75) is 70.9 Å². The predicted octanol–water partition coefficient (Wildman–Crippen LogP) is 2.94. The van der Waals surface area contributed by atoms with Gasteiger partial charge < -0.3 is 15.4 Å². The molecule has 2 aliphatic carbocycles. The topological polar surface area (TPSA) is 45.7 Å². The first-order valence-corrected chi connectivity index (χ1v) is 9.34. The second-order valence-electron chi connectivity index (χ2n) is 7.44. The minimum Gasteiger partial charge on any atom is -0.377 e. The molecule has 0 radical (unpaired) electrons. The van der Waals surface area contributed by atoms with E-state index in [0.717, 1.165) is 25.0 Å². The first-order valence-electron chi connectivity index (χ1n) is 9.34. The number of fused-ring (bicyclic) bond motifs is 2. The van der Waals surface area contributed by atoms with Crippen molar-refractivity contribution in [2.24, 2.45) is 22.2 Å². The maximum atomic E-state index is 6.07. The molecule has 0 bridgehead atoms. The Hall–Kier alpha value is -0.770. The van der Waals surface area contributed by atoms with Gasteiger partial charge in [-0.2, -0.15) is 0 Å². The Bertz CT molecular complexity index is 399. The minimum atomic E-state index is 0.397. The molecule has 3 fully saturated rings. The largest absolute Gasteiger partial charge is 0.377 e. The van der Waals surface area contributed by atoms with Gasteiger partial charge in [-0.25, -0.2) is 0 Å². The van der Waals surface area contributed by atoms with Crippen molar-refractivity contribution in [3.63, 3.8) is 0 Å². The van der Waals surface area contributed by atoms with Gasteiger partial charge in [0.2, 0.25) is 0 Å². The molecule has 0 aromatic heterocycles. The van der Waals surface area contributed by atoms with E-state index in [4.69, 9.17) is 4.74 Å². The molecule has 22 heavy (non-hydrogen) atoms. The van der Waals surface area contributed by atoms with Crippen LogP contribution >= 0.6 is 0 Å². The van der Waals surface area contributed by atoms with Crippen molar-refractivity contribution in [3.05, 3.63) is 0 Å². The Morgan fingerprint density at radius 2 is 2.00 bits per heavy atom. The van der Waals surface area contributed by atoms with Gasteiger partial charge in [-0.05, 0) is 25.2 Å². The molecule has 0 aromatic carbocycles. The second kappa shape index (κ2) is 6.77. The van der Waals surface area contributed by atoms with Gasteiger partial charge in [0.1, 0.15) is 0 Å². The van der Waals surface area contributed by atoms with Gasteiger partial charge in [-0.1, -0.05) is 39.5 Å². The van der Waals surface area contributed by atoms with Gasteiger partial charge in [0.05, 0.1) is 6.10 Å². The van der Waals surface area contributed by atoms with Crippen molar-refractivity contribution in [1.82, 2.24) is 10.6 Å². The van der Waals surface area contributed by atoms with E-state index in [0.29, 0.717) is 23.5 Å². The van der Waals surface area contributed by atoms with Crippen LogP contribution in [0.5, 0.6) is 0 Å². The van der Waals surface area contributed by atoms with Crippen LogP contribution in [0.3, 0.4) is 0 Å². The van der Waals surface area contributed by atoms with E-state index in [1.54, 1.807) is 0 Å². The molecule has 0 aromatic rings. The van der Waals surface area contributed by atoms with Crippen molar-refractivity contribution < 1.29 is 4.74 Å². The summed E-state index contributed by atoms with van der Waals surface area (Å²) < 4.78 is 6.07. The zero-order valence-corrected chi connectivity index (χ0v) is 14.5. The standard InChI is InChI=1S/C18H33N3O/c1-4-13(5-2)12-20-17(19-3)21-15-14-8-11-22-16(14)18(15)9-6-7-10-18/h13-16H,4-12H2,1-3H3,(H2,19,20,21). The van der Waals surface area contributed by atoms with Crippen LogP contribution in [-0.4, -0.2) is 38.3 Å². The minimum absolute atomic E-state index is 0.397. The van der Waals surface area contributed by atoms with Crippen LogP contribution in [0.1, 0.15) is 58.8 Å². The van der Waals surface area contributed by atoms with Gasteiger partial charge in [-0.15, -0.1) is 0 Å². The highest BCUT2D eigenvalue weighted by Crippen LogP contribution is 2.60. The van der Waals surface area contributed by atoms with Gasteiger partial charge in [0.15, 0.2) is 5.96 Å². The molecule has 1 aliphatic heterocycles. The Kier molecular flexibility index (Phi) is 4.96. The molecule has 3 atom stereocenters. The van der Waals surface area contributed by atoms with Crippen LogP contribution in [0, 0.1) is 17.3 Å². The maximum Gasteiger partial charge on any atom is 0.191 e. The smallest absolute Gasteiger partial charge is 0.191 e. The molecule has 1 heterocycles. The highest BCUT2D eigenvalue weighted by molar-refractivity contribution is 5.80. The van der Waals surface area contributed by atoms with Crippen LogP contribution in [0.15, 0.2) is 4.99 Å². The summed E-state index contributed by atoms with van der Waals surface area (Å²) in [6.45, 7) is 6.52. The Morgan fingerprint density at radius 1 is 1.27 bits per heavy atom. The molecular weight excluding hydrogens is 274 g/mol. The van der Waals surface area contributed by atoms with Crippen molar-refractivity contribution in [1.29, 1.82) is 0 Å². The van der Waals surface area contributed by atoms with Crippen molar-refractivity contribution in [2.75, 3.05) is 20.2 Å². The van der Waals surface area contributed by atoms with E-state index in [9.17, 15) is 0 Å². The first-order chi connectivity index (χ1) is 10.7. The maximum absolute atomic E-state index is 6.07. The van der Waals surface area contributed by atoms with Gasteiger partial charge in [-0.3, -0.25) is 4.99 Å². The van der Waals surface area contributed by atoms with E-state index >= 15 is 0 Å². The number of guanidine groups is 1. The van der Waals surface area contributed by atoms with Crippen molar-refractivity contribution >= 4 is 5.96 Å². The van der Waals surface area contributed by atoms with E-state index in [1.807, 2.05) is 7.05 Å². The van der Waals surface area contributed by atoms with Crippen LogP contribution in [-0.2, 0) is 4.74 Å². The summed E-state index contributed by atoms with van der Waals surface area (Å²) in [6, 6.07) is 0.565. The number of hydrogen-bond donors (Lipinski definition) is 2. The number of aliphatic imine (C=N–C) groups is 1. The molecule has 1 spiro atoms. The number of rotatable bonds is 5. The third-order valence-corrected chi connectivity index (χ3v) is 6.51. The van der Waals surface area contributed by atoms with Gasteiger partial charge in [0.25, 0.3) is 0 Å². The summed E-state index contributed by atoms with van der Waals surface area (Å²) in [5.74, 6) is 2.43. The second-order valence-corrected chi connectivity index (χ2v) is 7.44. The lowest BCUT2D eigenvalue weighted by Crippen LogP contribution is -2.69. The molecular formula is C18H33N3O. The van der Waals surface area contributed by atoms with E-state index < -0.39 is 0 Å². The Labute approximate surface area is 135 Å². The number of ether oxygens (including phenoxy) is 1. The number of hydrogen-bond acceptors (Lipinski definition) is 2. The average molecular weight is 307 g/mol. The summed E-state index contributed by atoms with van der Waals surface area (Å²) in [4.78, 5) is 4.47. The summed E-state index contributed by atoms with van der Waals surface area (Å²) >= 11 is 0. The van der Waals surface area contributed by atoms with Crippen LogP contribution in [0.25, 0.3) is 0 Å². The Balaban J connectivity index is 1.60. The molecule has 2 saturated carbocycles. The third-order valence-electron chi connectivity index (χ3n) is 6.51. The fraction of sp³-hybridized carbons (Fsp3) is 0.944. The van der Waals surface area contributed by atoms with Gasteiger partial charge >= 0.3 is 0 Å². The zero-order valence-electron chi connectivity index (χ0n) is 14.5. The highest BCUT2D eigenvalue weighted by atomic mass is 16.5. The number of nitrogens with zero attached hydrogens (tertiary/aromatic N) is 1. The van der Waals surface area contributed by atoms with Crippen molar-refractivity contribution in [3.8, 4) is 0 Å². The quantitative estimate of drug-likeness (QED) is 0.606. The lowest BCUT2D eigenvalue weighted by atomic mass is 9.54.